The molecule has 0 amide bonds. The minimum Gasteiger partial charge on any atom is -0.382 e. The lowest BCUT2D eigenvalue weighted by Gasteiger charge is -2.32. The maximum absolute atomic E-state index is 4.32. The second-order valence-corrected chi connectivity index (χ2v) is 6.50. The predicted octanol–water partition coefficient (Wildman–Crippen LogP) is 4.30. The fourth-order valence-electron chi connectivity index (χ4n) is 3.49. The average molecular weight is 329 g/mol. The molecule has 0 saturated carbocycles. The van der Waals surface area contributed by atoms with Crippen molar-refractivity contribution in [2.45, 2.75) is 19.4 Å². The Labute approximate surface area is 149 Å². The van der Waals surface area contributed by atoms with Crippen LogP contribution in [0.15, 0.2) is 73.1 Å². The molecule has 0 atom stereocenters. The van der Waals surface area contributed by atoms with E-state index >= 15 is 0 Å². The van der Waals surface area contributed by atoms with Crippen molar-refractivity contribution in [1.29, 1.82) is 0 Å². The molecule has 2 heterocycles. The van der Waals surface area contributed by atoms with Crippen LogP contribution in [0.3, 0.4) is 0 Å². The van der Waals surface area contributed by atoms with Crippen LogP contribution in [0.2, 0.25) is 0 Å². The Morgan fingerprint density at radius 1 is 0.920 bits per heavy atom. The molecule has 3 aromatic rings. The third kappa shape index (κ3) is 3.66. The predicted molar refractivity (Wildman–Crippen MR) is 104 cm³/mol. The van der Waals surface area contributed by atoms with Crippen molar-refractivity contribution in [2.75, 3.05) is 23.3 Å². The molecule has 2 aromatic carbocycles. The van der Waals surface area contributed by atoms with Gasteiger partial charge >= 0.3 is 0 Å². The zero-order valence-electron chi connectivity index (χ0n) is 14.4. The number of hydrogen-bond acceptors (Lipinski definition) is 3. The molecule has 0 aliphatic carbocycles. The monoisotopic (exact) mass is 329 g/mol. The van der Waals surface area contributed by atoms with Gasteiger partial charge in [-0.1, -0.05) is 54.6 Å². The molecule has 0 spiro atoms. The van der Waals surface area contributed by atoms with Crippen LogP contribution in [-0.4, -0.2) is 18.1 Å². The standard InChI is InChI=1S/C22H23N3/c1-2-6-18(7-3-1)10-14-24-21-16-23-13-11-22(21)25-15-12-19-8-4-5-9-20(19)17-25/h1-9,11,13,16,24H,10,12,14-15,17H2. The Kier molecular flexibility index (Phi) is 4.64. The maximum atomic E-state index is 4.32. The van der Waals surface area contributed by atoms with Crippen molar-refractivity contribution >= 4 is 11.4 Å². The molecule has 3 nitrogen and oxygen atoms in total. The number of pyridine rings is 1. The normalized spacial score (nSPS) is 13.4. The number of nitrogens with zero attached hydrogens (tertiary/aromatic N) is 2. The summed E-state index contributed by atoms with van der Waals surface area (Å²) in [6, 6.07) is 21.5. The molecule has 25 heavy (non-hydrogen) atoms. The Morgan fingerprint density at radius 2 is 1.72 bits per heavy atom. The number of rotatable bonds is 5. The molecule has 3 heteroatoms. The molecule has 1 aliphatic rings. The topological polar surface area (TPSA) is 28.2 Å². The number of anilines is 2. The highest BCUT2D eigenvalue weighted by Gasteiger charge is 2.18. The smallest absolute Gasteiger partial charge is 0.0764 e. The van der Waals surface area contributed by atoms with Crippen molar-refractivity contribution < 1.29 is 0 Å². The van der Waals surface area contributed by atoms with E-state index in [-0.39, 0.29) is 0 Å². The maximum Gasteiger partial charge on any atom is 0.0764 e. The molecule has 4 rings (SSSR count). The van der Waals surface area contributed by atoms with E-state index in [2.05, 4.69) is 75.9 Å². The summed E-state index contributed by atoms with van der Waals surface area (Å²) in [5.41, 5.74) is 6.63. The molecule has 0 unspecified atom stereocenters. The number of aromatic nitrogens is 1. The number of benzene rings is 2. The van der Waals surface area contributed by atoms with E-state index in [1.165, 1.54) is 22.4 Å². The van der Waals surface area contributed by atoms with Crippen LogP contribution in [0.1, 0.15) is 16.7 Å². The van der Waals surface area contributed by atoms with Crippen LogP contribution in [0.5, 0.6) is 0 Å². The highest BCUT2D eigenvalue weighted by atomic mass is 15.2. The largest absolute Gasteiger partial charge is 0.382 e. The van der Waals surface area contributed by atoms with Crippen LogP contribution in [0, 0.1) is 0 Å². The first kappa shape index (κ1) is 15.7. The summed E-state index contributed by atoms with van der Waals surface area (Å²) in [7, 11) is 0. The van der Waals surface area contributed by atoms with Crippen molar-refractivity contribution in [3.05, 3.63) is 89.7 Å². The minimum atomic E-state index is 0.910. The number of nitrogens with one attached hydrogen (secondary N) is 1. The fraction of sp³-hybridized carbons (Fsp3) is 0.227. The lowest BCUT2D eigenvalue weighted by molar-refractivity contribution is 0.731. The van der Waals surface area contributed by atoms with Gasteiger partial charge in [-0.3, -0.25) is 4.98 Å². The second kappa shape index (κ2) is 7.39. The van der Waals surface area contributed by atoms with Gasteiger partial charge in [-0.2, -0.15) is 0 Å². The van der Waals surface area contributed by atoms with Gasteiger partial charge in [-0.05, 0) is 35.6 Å². The van der Waals surface area contributed by atoms with Gasteiger partial charge in [0.05, 0.1) is 17.6 Å². The average Bonchev–Trinajstić information content (AvgIpc) is 2.69. The zero-order chi connectivity index (χ0) is 16.9. The molecule has 0 fully saturated rings. The third-order valence-electron chi connectivity index (χ3n) is 4.84. The second-order valence-electron chi connectivity index (χ2n) is 6.50. The van der Waals surface area contributed by atoms with E-state index in [9.17, 15) is 0 Å². The van der Waals surface area contributed by atoms with Gasteiger partial charge in [0.2, 0.25) is 0 Å². The molecular weight excluding hydrogens is 306 g/mol. The van der Waals surface area contributed by atoms with Gasteiger partial charge in [0.1, 0.15) is 0 Å². The van der Waals surface area contributed by atoms with Crippen LogP contribution < -0.4 is 10.2 Å². The van der Waals surface area contributed by atoms with E-state index in [0.717, 1.165) is 38.2 Å². The Hall–Kier alpha value is -2.81. The number of hydrogen-bond donors (Lipinski definition) is 1. The van der Waals surface area contributed by atoms with E-state index in [1.807, 2.05) is 12.4 Å². The highest BCUT2D eigenvalue weighted by molar-refractivity contribution is 5.69. The molecule has 0 saturated heterocycles. The lowest BCUT2D eigenvalue weighted by Crippen LogP contribution is -2.31. The SMILES string of the molecule is c1ccc(CCNc2cnccc2N2CCc3ccccc3C2)cc1. The van der Waals surface area contributed by atoms with E-state index in [0.29, 0.717) is 0 Å². The van der Waals surface area contributed by atoms with Gasteiger partial charge in [-0.15, -0.1) is 0 Å². The first-order chi connectivity index (χ1) is 12.4. The van der Waals surface area contributed by atoms with E-state index in [4.69, 9.17) is 0 Å². The Morgan fingerprint density at radius 3 is 2.60 bits per heavy atom. The van der Waals surface area contributed by atoms with Crippen LogP contribution in [0.4, 0.5) is 11.4 Å². The fourth-order valence-corrected chi connectivity index (χ4v) is 3.49. The van der Waals surface area contributed by atoms with Crippen LogP contribution in [0.25, 0.3) is 0 Å². The van der Waals surface area contributed by atoms with Crippen LogP contribution >= 0.6 is 0 Å². The molecular formula is C22H23N3. The van der Waals surface area contributed by atoms with E-state index in [1.54, 1.807) is 0 Å². The van der Waals surface area contributed by atoms with Crippen molar-refractivity contribution in [1.82, 2.24) is 4.98 Å². The summed E-state index contributed by atoms with van der Waals surface area (Å²) in [6.07, 6.45) is 5.94. The highest BCUT2D eigenvalue weighted by Crippen LogP contribution is 2.29. The summed E-state index contributed by atoms with van der Waals surface area (Å²) in [6.45, 7) is 2.93. The minimum absolute atomic E-state index is 0.910. The lowest BCUT2D eigenvalue weighted by atomic mass is 9.99. The van der Waals surface area contributed by atoms with Gasteiger partial charge in [0.15, 0.2) is 0 Å². The van der Waals surface area contributed by atoms with E-state index < -0.39 is 0 Å². The van der Waals surface area contributed by atoms with Gasteiger partial charge in [0.25, 0.3) is 0 Å². The molecule has 1 N–H and O–H groups in total. The summed E-state index contributed by atoms with van der Waals surface area (Å²) >= 11 is 0. The summed E-state index contributed by atoms with van der Waals surface area (Å²) in [5.74, 6) is 0. The van der Waals surface area contributed by atoms with Crippen molar-refractivity contribution in [2.24, 2.45) is 0 Å². The summed E-state index contributed by atoms with van der Waals surface area (Å²) in [4.78, 5) is 6.77. The Balaban J connectivity index is 1.46. The molecule has 0 bridgehead atoms. The quantitative estimate of drug-likeness (QED) is 0.756. The summed E-state index contributed by atoms with van der Waals surface area (Å²) in [5, 5.41) is 3.58. The molecule has 0 radical (unpaired) electrons. The van der Waals surface area contributed by atoms with Gasteiger partial charge < -0.3 is 10.2 Å². The molecule has 1 aliphatic heterocycles. The van der Waals surface area contributed by atoms with Crippen LogP contribution in [-0.2, 0) is 19.4 Å². The van der Waals surface area contributed by atoms with Gasteiger partial charge in [0, 0.05) is 25.8 Å². The first-order valence-electron chi connectivity index (χ1n) is 8.94. The van der Waals surface area contributed by atoms with Gasteiger partial charge in [-0.25, -0.2) is 0 Å². The molecule has 1 aromatic heterocycles. The third-order valence-corrected chi connectivity index (χ3v) is 4.84. The zero-order valence-corrected chi connectivity index (χ0v) is 14.4. The molecule has 126 valence electrons. The summed E-state index contributed by atoms with van der Waals surface area (Å²) < 4.78 is 0. The first-order valence-corrected chi connectivity index (χ1v) is 8.94. The number of fused-ring (bicyclic) bond motifs is 1. The van der Waals surface area contributed by atoms with Crippen molar-refractivity contribution in [3.63, 3.8) is 0 Å². The van der Waals surface area contributed by atoms with Crippen molar-refractivity contribution in [3.8, 4) is 0 Å². The Bertz CT molecular complexity index is 829.